The molecule has 0 aliphatic carbocycles. The largest absolute Gasteiger partial charge is 1.00 e. The molecular formula is C25H19K3N4O8S2. The number of hydrazone groups is 1. The third-order valence-corrected chi connectivity index (χ3v) is 7.31. The SMILES string of the molecule is CC1=NN(c2ccc(S(=O)(=O)[O-])cc2)C(=O)/C1=C/C=C/C=Cc1c(C)nn(-c2ccc(S(=O)(=O)[O-])cc2)c1[O-].[K+].[K+].[K+]. The van der Waals surface area contributed by atoms with E-state index in [1.54, 1.807) is 32.1 Å². The van der Waals surface area contributed by atoms with Crippen molar-refractivity contribution in [3.63, 3.8) is 0 Å². The Labute approximate surface area is 370 Å². The Bertz CT molecular complexity index is 1800. The summed E-state index contributed by atoms with van der Waals surface area (Å²) in [6, 6.07) is 9.64. The first kappa shape index (κ1) is 40.6. The molecular weight excluding hydrogens is 666 g/mol. The van der Waals surface area contributed by atoms with Crippen LogP contribution >= 0.6 is 0 Å². The van der Waals surface area contributed by atoms with E-state index in [9.17, 15) is 35.8 Å². The molecule has 0 unspecified atom stereocenters. The maximum Gasteiger partial charge on any atom is 1.00 e. The number of aromatic nitrogens is 2. The molecule has 3 aromatic rings. The summed E-state index contributed by atoms with van der Waals surface area (Å²) in [6.45, 7) is 3.26. The first-order valence-electron chi connectivity index (χ1n) is 11.1. The molecule has 17 heteroatoms. The number of rotatable bonds is 7. The molecule has 0 atom stereocenters. The summed E-state index contributed by atoms with van der Waals surface area (Å²) in [5.41, 5.74) is 2.00. The minimum Gasteiger partial charge on any atom is -0.858 e. The fraction of sp³-hybridized carbons (Fsp3) is 0.0800. The number of carbonyl (C=O) groups is 1. The van der Waals surface area contributed by atoms with E-state index in [4.69, 9.17) is 0 Å². The maximum absolute atomic E-state index is 12.8. The van der Waals surface area contributed by atoms with Gasteiger partial charge in [0.15, 0.2) is 0 Å². The van der Waals surface area contributed by atoms with E-state index in [2.05, 4.69) is 10.2 Å². The Morgan fingerprint density at radius 3 is 1.76 bits per heavy atom. The Kier molecular flexibility index (Phi) is 16.3. The molecule has 202 valence electrons. The molecule has 0 bridgehead atoms. The molecule has 0 N–H and O–H groups in total. The Balaban J connectivity index is 0.00000294. The smallest absolute Gasteiger partial charge is 0.858 e. The molecule has 0 saturated carbocycles. The Morgan fingerprint density at radius 1 is 0.762 bits per heavy atom. The maximum atomic E-state index is 12.8. The number of allylic oxidation sites excluding steroid dienone is 4. The van der Waals surface area contributed by atoms with Crippen molar-refractivity contribution in [1.82, 2.24) is 9.78 Å². The van der Waals surface area contributed by atoms with E-state index in [0.29, 0.717) is 22.8 Å². The second kappa shape index (κ2) is 16.9. The fourth-order valence-electron chi connectivity index (χ4n) is 3.65. The van der Waals surface area contributed by atoms with Gasteiger partial charge in [0.05, 0.1) is 38.1 Å². The zero-order chi connectivity index (χ0) is 28.5. The minimum atomic E-state index is -4.61. The van der Waals surface area contributed by atoms with Gasteiger partial charge >= 0.3 is 154 Å². The van der Waals surface area contributed by atoms with Crippen LogP contribution < -0.4 is 164 Å². The molecule has 1 aliphatic heterocycles. The van der Waals surface area contributed by atoms with E-state index in [-0.39, 0.29) is 165 Å². The summed E-state index contributed by atoms with van der Waals surface area (Å²) in [4.78, 5) is 12.0. The van der Waals surface area contributed by atoms with Crippen LogP contribution in [0.3, 0.4) is 0 Å². The van der Waals surface area contributed by atoms with Crippen molar-refractivity contribution >= 4 is 43.6 Å². The van der Waals surface area contributed by atoms with E-state index >= 15 is 0 Å². The molecule has 0 saturated heterocycles. The molecule has 0 fully saturated rings. The average molecular weight is 685 g/mol. The molecule has 1 aliphatic rings. The summed E-state index contributed by atoms with van der Waals surface area (Å²) in [5, 5.41) is 22.2. The van der Waals surface area contributed by atoms with Crippen molar-refractivity contribution in [1.29, 1.82) is 0 Å². The van der Waals surface area contributed by atoms with E-state index < -0.39 is 41.8 Å². The van der Waals surface area contributed by atoms with Crippen LogP contribution in [0.15, 0.2) is 93.3 Å². The summed E-state index contributed by atoms with van der Waals surface area (Å²) in [7, 11) is -9.22. The number of hydrogen-bond acceptors (Lipinski definition) is 10. The van der Waals surface area contributed by atoms with E-state index in [1.165, 1.54) is 36.4 Å². The number of anilines is 1. The van der Waals surface area contributed by atoms with Crippen molar-refractivity contribution in [2.75, 3.05) is 5.01 Å². The zero-order valence-electron chi connectivity index (χ0n) is 23.4. The molecule has 42 heavy (non-hydrogen) atoms. The van der Waals surface area contributed by atoms with Crippen LogP contribution in [-0.4, -0.2) is 47.3 Å². The summed E-state index contributed by atoms with van der Waals surface area (Å²) >= 11 is 0. The standard InChI is InChI=1S/C25H22N4O8S2.3K/c1-16-22(24(30)28(26-16)18-8-12-20(13-9-18)38(32,33)34)6-4-3-5-7-23-17(2)27-29(25(23)31)19-10-14-21(15-11-19)39(35,36)37;;;/h3-15,30H,1-2H3,(H,32,33,34)(H,35,36,37);;;/q;3*+1/p-3/b5-3+,6-4?,23-7+;;;. The van der Waals surface area contributed by atoms with Gasteiger partial charge in [-0.3, -0.25) is 4.79 Å². The van der Waals surface area contributed by atoms with Gasteiger partial charge < -0.3 is 14.2 Å². The summed E-state index contributed by atoms with van der Waals surface area (Å²) in [6.07, 6.45) is 7.80. The summed E-state index contributed by atoms with van der Waals surface area (Å²) < 4.78 is 67.7. The number of carbonyl (C=O) groups excluding carboxylic acids is 1. The van der Waals surface area contributed by atoms with Gasteiger partial charge in [0.1, 0.15) is 20.2 Å². The molecule has 0 spiro atoms. The predicted octanol–water partition coefficient (Wildman–Crippen LogP) is -7.01. The number of amides is 1. The van der Waals surface area contributed by atoms with Crippen molar-refractivity contribution in [3.8, 4) is 11.6 Å². The second-order valence-electron chi connectivity index (χ2n) is 8.24. The Morgan fingerprint density at radius 2 is 1.26 bits per heavy atom. The zero-order valence-corrected chi connectivity index (χ0v) is 34.4. The van der Waals surface area contributed by atoms with Gasteiger partial charge in [-0.05, 0) is 74.3 Å². The number of aryl methyl sites for hydroxylation is 1. The average Bonchev–Trinajstić information content (AvgIpc) is 3.32. The summed E-state index contributed by atoms with van der Waals surface area (Å²) in [5.74, 6) is -0.901. The van der Waals surface area contributed by atoms with Gasteiger partial charge in [-0.2, -0.15) is 15.2 Å². The fourth-order valence-corrected chi connectivity index (χ4v) is 4.58. The first-order chi connectivity index (χ1) is 18.3. The molecule has 2 heterocycles. The quantitative estimate of drug-likeness (QED) is 0.101. The molecule has 4 rings (SSSR count). The van der Waals surface area contributed by atoms with Gasteiger partial charge in [0.25, 0.3) is 5.91 Å². The molecule has 12 nitrogen and oxygen atoms in total. The van der Waals surface area contributed by atoms with Crippen molar-refractivity contribution in [2.45, 2.75) is 23.6 Å². The van der Waals surface area contributed by atoms with Gasteiger partial charge in [0.2, 0.25) is 0 Å². The third kappa shape index (κ3) is 9.77. The number of hydrogen-bond donors (Lipinski definition) is 0. The monoisotopic (exact) mass is 684 g/mol. The number of nitrogens with zero attached hydrogens (tertiary/aromatic N) is 4. The molecule has 1 aromatic heterocycles. The topological polar surface area (TPSA) is 188 Å². The predicted molar refractivity (Wildman–Crippen MR) is 137 cm³/mol. The molecule has 1 amide bonds. The van der Waals surface area contributed by atoms with Crippen LogP contribution in [0.25, 0.3) is 11.8 Å². The molecule has 2 aromatic carbocycles. The van der Waals surface area contributed by atoms with Gasteiger partial charge in [-0.15, -0.1) is 0 Å². The van der Waals surface area contributed by atoms with Gasteiger partial charge in [0, 0.05) is 5.56 Å². The normalized spacial score (nSPS) is 14.6. The second-order valence-corrected chi connectivity index (χ2v) is 11.0. The van der Waals surface area contributed by atoms with Gasteiger partial charge in [-0.25, -0.2) is 21.5 Å². The first-order valence-corrected chi connectivity index (χ1v) is 13.9. The van der Waals surface area contributed by atoms with Gasteiger partial charge in [-0.1, -0.05) is 24.3 Å². The number of benzene rings is 2. The van der Waals surface area contributed by atoms with Crippen LogP contribution in [0, 0.1) is 6.92 Å². The van der Waals surface area contributed by atoms with Crippen molar-refractivity contribution in [3.05, 3.63) is 89.7 Å². The van der Waals surface area contributed by atoms with E-state index in [0.717, 1.165) is 34.0 Å². The van der Waals surface area contributed by atoms with Crippen LogP contribution in [-0.2, 0) is 25.0 Å². The molecule has 0 radical (unpaired) electrons. The van der Waals surface area contributed by atoms with Crippen molar-refractivity contribution in [2.24, 2.45) is 5.10 Å². The van der Waals surface area contributed by atoms with Crippen LogP contribution in [0.4, 0.5) is 5.69 Å². The van der Waals surface area contributed by atoms with Crippen LogP contribution in [0.2, 0.25) is 0 Å². The Hall–Kier alpha value is 0.539. The third-order valence-electron chi connectivity index (χ3n) is 5.61. The van der Waals surface area contributed by atoms with Crippen LogP contribution in [0.1, 0.15) is 18.2 Å². The van der Waals surface area contributed by atoms with E-state index in [1.807, 2.05) is 0 Å². The van der Waals surface area contributed by atoms with Crippen molar-refractivity contribution < 1.29 is 190 Å². The minimum absolute atomic E-state index is 0. The van der Waals surface area contributed by atoms with Crippen LogP contribution in [0.5, 0.6) is 5.88 Å².